The molecule has 0 saturated carbocycles. The highest BCUT2D eigenvalue weighted by molar-refractivity contribution is 6.31. The maximum atomic E-state index is 13.2. The molecule has 0 amide bonds. The van der Waals surface area contributed by atoms with Crippen LogP contribution in [0.4, 0.5) is 8.78 Å². The van der Waals surface area contributed by atoms with Crippen molar-refractivity contribution in [2.24, 2.45) is 5.73 Å². The maximum absolute atomic E-state index is 13.2. The molecule has 15 heavy (non-hydrogen) atoms. The highest BCUT2D eigenvalue weighted by Crippen LogP contribution is 2.23. The zero-order valence-electron chi connectivity index (χ0n) is 8.27. The predicted octanol–water partition coefficient (Wildman–Crippen LogP) is 3.32. The molecule has 1 aromatic rings. The Morgan fingerprint density at radius 2 is 2.00 bits per heavy atom. The van der Waals surface area contributed by atoms with Gasteiger partial charge in [-0.1, -0.05) is 11.6 Å². The number of benzene rings is 1. The second-order valence-electron chi connectivity index (χ2n) is 3.34. The molecule has 86 valence electrons. The van der Waals surface area contributed by atoms with Crippen LogP contribution >= 0.6 is 24.0 Å². The van der Waals surface area contributed by atoms with Gasteiger partial charge in [-0.2, -0.15) is 0 Å². The summed E-state index contributed by atoms with van der Waals surface area (Å²) in [6.45, 7) is 1.81. The van der Waals surface area contributed by atoms with E-state index in [1.165, 1.54) is 6.07 Å². The fourth-order valence-electron chi connectivity index (χ4n) is 1.17. The third-order valence-electron chi connectivity index (χ3n) is 1.99. The van der Waals surface area contributed by atoms with Gasteiger partial charge in [-0.25, -0.2) is 8.78 Å². The normalized spacial score (nSPS) is 12.1. The van der Waals surface area contributed by atoms with E-state index in [4.69, 9.17) is 17.3 Å². The van der Waals surface area contributed by atoms with E-state index in [1.807, 2.05) is 6.92 Å². The molecular formula is C10H13Cl2F2N. The first kappa shape index (κ1) is 14.6. The molecule has 0 heterocycles. The van der Waals surface area contributed by atoms with E-state index in [2.05, 4.69) is 0 Å². The second kappa shape index (κ2) is 6.26. The third kappa shape index (κ3) is 3.93. The Morgan fingerprint density at radius 1 is 1.40 bits per heavy atom. The summed E-state index contributed by atoms with van der Waals surface area (Å²) in [4.78, 5) is 0. The summed E-state index contributed by atoms with van der Waals surface area (Å²) in [5.41, 5.74) is 5.73. The van der Waals surface area contributed by atoms with Crippen LogP contribution in [-0.2, 0) is 6.42 Å². The van der Waals surface area contributed by atoms with Crippen LogP contribution in [0.1, 0.15) is 18.9 Å². The van der Waals surface area contributed by atoms with Gasteiger partial charge in [0.15, 0.2) is 11.6 Å². The van der Waals surface area contributed by atoms with Gasteiger partial charge in [-0.3, -0.25) is 0 Å². The van der Waals surface area contributed by atoms with Crippen LogP contribution in [0.3, 0.4) is 0 Å². The van der Waals surface area contributed by atoms with Gasteiger partial charge >= 0.3 is 0 Å². The highest BCUT2D eigenvalue weighted by Gasteiger charge is 2.12. The lowest BCUT2D eigenvalue weighted by molar-refractivity contribution is 0.495. The predicted molar refractivity (Wildman–Crippen MR) is 60.6 cm³/mol. The Morgan fingerprint density at radius 3 is 2.53 bits per heavy atom. The van der Waals surface area contributed by atoms with Crippen molar-refractivity contribution in [3.8, 4) is 0 Å². The average Bonchev–Trinajstić information content (AvgIpc) is 2.11. The summed E-state index contributed by atoms with van der Waals surface area (Å²) < 4.78 is 26.0. The Balaban J connectivity index is 0.00000196. The first-order valence-corrected chi connectivity index (χ1v) is 4.78. The van der Waals surface area contributed by atoms with Gasteiger partial charge < -0.3 is 5.73 Å². The van der Waals surface area contributed by atoms with Crippen molar-refractivity contribution in [1.82, 2.24) is 0 Å². The molecule has 1 rings (SSSR count). The summed E-state index contributed by atoms with van der Waals surface area (Å²) >= 11 is 5.74. The smallest absolute Gasteiger partial charge is 0.163 e. The van der Waals surface area contributed by atoms with Crippen molar-refractivity contribution >= 4 is 24.0 Å². The molecule has 0 aliphatic carbocycles. The molecule has 0 fully saturated rings. The SMILES string of the molecule is CC(N)CCc1c(Cl)ccc(F)c1F.Cl. The van der Waals surface area contributed by atoms with Gasteiger partial charge in [0.25, 0.3) is 0 Å². The fourth-order valence-corrected chi connectivity index (χ4v) is 1.41. The highest BCUT2D eigenvalue weighted by atomic mass is 35.5. The van der Waals surface area contributed by atoms with Crippen LogP contribution in [-0.4, -0.2) is 6.04 Å². The average molecular weight is 256 g/mol. The number of rotatable bonds is 3. The second-order valence-corrected chi connectivity index (χ2v) is 3.74. The van der Waals surface area contributed by atoms with Crippen LogP contribution in [0.5, 0.6) is 0 Å². The quantitative estimate of drug-likeness (QED) is 0.825. The first-order valence-electron chi connectivity index (χ1n) is 4.40. The van der Waals surface area contributed by atoms with Crippen LogP contribution in [0.15, 0.2) is 12.1 Å². The van der Waals surface area contributed by atoms with Gasteiger partial charge in [-0.05, 0) is 31.9 Å². The molecule has 1 nitrogen and oxygen atoms in total. The van der Waals surface area contributed by atoms with Gasteiger partial charge in [0.2, 0.25) is 0 Å². The molecule has 0 spiro atoms. The lowest BCUT2D eigenvalue weighted by Crippen LogP contribution is -2.16. The van der Waals surface area contributed by atoms with Crippen LogP contribution < -0.4 is 5.73 Å². The number of hydrogen-bond donors (Lipinski definition) is 1. The Kier molecular flexibility index (Phi) is 6.10. The minimum Gasteiger partial charge on any atom is -0.328 e. The Bertz CT molecular complexity index is 329. The molecule has 0 saturated heterocycles. The van der Waals surface area contributed by atoms with E-state index >= 15 is 0 Å². The lowest BCUT2D eigenvalue weighted by atomic mass is 10.1. The van der Waals surface area contributed by atoms with Crippen molar-refractivity contribution in [3.05, 3.63) is 34.4 Å². The molecule has 0 radical (unpaired) electrons. The molecular weight excluding hydrogens is 243 g/mol. The van der Waals surface area contributed by atoms with E-state index < -0.39 is 11.6 Å². The van der Waals surface area contributed by atoms with Crippen LogP contribution in [0, 0.1) is 11.6 Å². The van der Waals surface area contributed by atoms with E-state index in [0.717, 1.165) is 6.07 Å². The molecule has 0 aliphatic heterocycles. The van der Waals surface area contributed by atoms with E-state index in [0.29, 0.717) is 12.8 Å². The van der Waals surface area contributed by atoms with Crippen molar-refractivity contribution < 1.29 is 8.78 Å². The van der Waals surface area contributed by atoms with Crippen LogP contribution in [0.25, 0.3) is 0 Å². The van der Waals surface area contributed by atoms with E-state index in [9.17, 15) is 8.78 Å². The minimum absolute atomic E-state index is 0. The fraction of sp³-hybridized carbons (Fsp3) is 0.400. The molecule has 1 aromatic carbocycles. The number of nitrogens with two attached hydrogens (primary N) is 1. The van der Waals surface area contributed by atoms with Gasteiger partial charge in [0.1, 0.15) is 0 Å². The number of hydrogen-bond acceptors (Lipinski definition) is 1. The van der Waals surface area contributed by atoms with Gasteiger partial charge in [0.05, 0.1) is 0 Å². The van der Waals surface area contributed by atoms with E-state index in [-0.39, 0.29) is 29.0 Å². The first-order chi connectivity index (χ1) is 6.52. The van der Waals surface area contributed by atoms with Gasteiger partial charge in [0, 0.05) is 16.6 Å². The topological polar surface area (TPSA) is 26.0 Å². The standard InChI is InChI=1S/C10H12ClF2N.ClH/c1-6(14)2-3-7-8(11)4-5-9(12)10(7)13;/h4-6H,2-3,14H2,1H3;1H. The molecule has 0 bridgehead atoms. The summed E-state index contributed by atoms with van der Waals surface area (Å²) in [6.07, 6.45) is 0.945. The van der Waals surface area contributed by atoms with Crippen molar-refractivity contribution in [3.63, 3.8) is 0 Å². The zero-order valence-corrected chi connectivity index (χ0v) is 9.84. The van der Waals surface area contributed by atoms with Crippen molar-refractivity contribution in [1.29, 1.82) is 0 Å². The largest absolute Gasteiger partial charge is 0.328 e. The lowest BCUT2D eigenvalue weighted by Gasteiger charge is -2.08. The molecule has 0 aromatic heterocycles. The van der Waals surface area contributed by atoms with E-state index in [1.54, 1.807) is 0 Å². The zero-order chi connectivity index (χ0) is 10.7. The molecule has 2 N–H and O–H groups in total. The minimum atomic E-state index is -0.867. The molecule has 5 heteroatoms. The third-order valence-corrected chi connectivity index (χ3v) is 2.34. The summed E-state index contributed by atoms with van der Waals surface area (Å²) in [6, 6.07) is 2.33. The van der Waals surface area contributed by atoms with Gasteiger partial charge in [-0.15, -0.1) is 12.4 Å². The Hall–Kier alpha value is -0.380. The molecule has 1 atom stereocenters. The molecule has 0 aliphatic rings. The maximum Gasteiger partial charge on any atom is 0.163 e. The summed E-state index contributed by atoms with van der Waals surface area (Å²) in [7, 11) is 0. The summed E-state index contributed by atoms with van der Waals surface area (Å²) in [5, 5.41) is 0.254. The van der Waals surface area contributed by atoms with Crippen LogP contribution in [0.2, 0.25) is 5.02 Å². The Labute approximate surface area is 99.0 Å². The monoisotopic (exact) mass is 255 g/mol. The summed E-state index contributed by atoms with van der Waals surface area (Å²) in [5.74, 6) is -1.73. The molecule has 1 unspecified atom stereocenters. The van der Waals surface area contributed by atoms with Crippen molar-refractivity contribution in [2.75, 3.05) is 0 Å². The van der Waals surface area contributed by atoms with Crippen molar-refractivity contribution in [2.45, 2.75) is 25.8 Å². The number of halogens is 4.